The SMILES string of the molecule is COC(=O)c1c(C(F)F)cc([N+](=O)[O-])nc1I. The van der Waals surface area contributed by atoms with Gasteiger partial charge < -0.3 is 14.9 Å². The van der Waals surface area contributed by atoms with Crippen molar-refractivity contribution in [3.63, 3.8) is 0 Å². The fraction of sp³-hybridized carbons (Fsp3) is 0.250. The van der Waals surface area contributed by atoms with Gasteiger partial charge in [-0.05, 0) is 9.91 Å². The van der Waals surface area contributed by atoms with Crippen LogP contribution in [0.3, 0.4) is 0 Å². The number of esters is 1. The van der Waals surface area contributed by atoms with Crippen molar-refractivity contribution < 1.29 is 23.2 Å². The van der Waals surface area contributed by atoms with Crippen LogP contribution < -0.4 is 0 Å². The molecular formula is C8H5F2IN2O4. The molecule has 92 valence electrons. The third-order valence-corrected chi connectivity index (χ3v) is 2.58. The first-order valence-electron chi connectivity index (χ1n) is 4.09. The van der Waals surface area contributed by atoms with E-state index in [0.29, 0.717) is 6.07 Å². The zero-order valence-electron chi connectivity index (χ0n) is 8.32. The van der Waals surface area contributed by atoms with E-state index in [0.717, 1.165) is 7.11 Å². The number of nitrogens with zero attached hydrogens (tertiary/aromatic N) is 2. The van der Waals surface area contributed by atoms with Crippen LogP contribution in [-0.2, 0) is 4.74 Å². The van der Waals surface area contributed by atoms with Gasteiger partial charge in [0.15, 0.2) is 0 Å². The maximum absolute atomic E-state index is 12.7. The molecule has 0 aliphatic heterocycles. The summed E-state index contributed by atoms with van der Waals surface area (Å²) in [6.45, 7) is 0. The van der Waals surface area contributed by atoms with Gasteiger partial charge in [-0.25, -0.2) is 13.6 Å². The molecule has 6 nitrogen and oxygen atoms in total. The first-order valence-corrected chi connectivity index (χ1v) is 5.17. The molecule has 0 radical (unpaired) electrons. The van der Waals surface area contributed by atoms with Gasteiger partial charge in [0, 0.05) is 34.2 Å². The van der Waals surface area contributed by atoms with Crippen molar-refractivity contribution >= 4 is 34.4 Å². The van der Waals surface area contributed by atoms with Crippen LogP contribution in [0.2, 0.25) is 0 Å². The standard InChI is InChI=1S/C8H5F2IN2O4/c1-17-8(14)5-3(6(9)10)2-4(13(15)16)12-7(5)11/h2,6H,1H3. The van der Waals surface area contributed by atoms with Crippen molar-refractivity contribution in [2.24, 2.45) is 0 Å². The van der Waals surface area contributed by atoms with Crippen LogP contribution in [0.5, 0.6) is 0 Å². The maximum Gasteiger partial charge on any atom is 0.365 e. The number of carbonyl (C=O) groups is 1. The number of aromatic nitrogens is 1. The fourth-order valence-electron chi connectivity index (χ4n) is 1.09. The Morgan fingerprint density at radius 3 is 2.65 bits per heavy atom. The first kappa shape index (κ1) is 13.7. The Labute approximate surface area is 107 Å². The summed E-state index contributed by atoms with van der Waals surface area (Å²) in [6.07, 6.45) is -3.03. The summed E-state index contributed by atoms with van der Waals surface area (Å²) in [5.41, 5.74) is -1.21. The van der Waals surface area contributed by atoms with Crippen LogP contribution in [0.4, 0.5) is 14.6 Å². The molecule has 0 saturated carbocycles. The number of rotatable bonds is 3. The first-order chi connectivity index (χ1) is 7.88. The van der Waals surface area contributed by atoms with Crippen molar-refractivity contribution in [2.75, 3.05) is 7.11 Å². The van der Waals surface area contributed by atoms with Crippen molar-refractivity contribution in [2.45, 2.75) is 6.43 Å². The molecule has 0 saturated heterocycles. The van der Waals surface area contributed by atoms with Crippen molar-refractivity contribution in [1.29, 1.82) is 0 Å². The predicted molar refractivity (Wildman–Crippen MR) is 59.9 cm³/mol. The van der Waals surface area contributed by atoms with E-state index in [-0.39, 0.29) is 3.70 Å². The molecule has 0 aliphatic rings. The second kappa shape index (κ2) is 5.29. The molecule has 0 N–H and O–H groups in total. The third kappa shape index (κ3) is 2.84. The molecule has 9 heteroatoms. The fourth-order valence-corrected chi connectivity index (χ4v) is 1.87. The number of nitro groups is 1. The molecule has 1 aromatic heterocycles. The van der Waals surface area contributed by atoms with E-state index in [1.54, 1.807) is 0 Å². The second-order valence-corrected chi connectivity index (χ2v) is 3.81. The molecule has 0 aliphatic carbocycles. The molecule has 0 amide bonds. The highest BCUT2D eigenvalue weighted by atomic mass is 127. The molecule has 0 atom stereocenters. The molecular weight excluding hydrogens is 353 g/mol. The molecule has 0 fully saturated rings. The lowest BCUT2D eigenvalue weighted by molar-refractivity contribution is -0.389. The van der Waals surface area contributed by atoms with Gasteiger partial charge >= 0.3 is 11.8 Å². The molecule has 0 unspecified atom stereocenters. The van der Waals surface area contributed by atoms with Gasteiger partial charge in [0.05, 0.1) is 7.11 Å². The smallest absolute Gasteiger partial charge is 0.365 e. The number of hydrogen-bond donors (Lipinski definition) is 0. The molecule has 1 rings (SSSR count). The number of halogens is 3. The van der Waals surface area contributed by atoms with E-state index in [4.69, 9.17) is 0 Å². The van der Waals surface area contributed by atoms with E-state index in [2.05, 4.69) is 9.72 Å². The monoisotopic (exact) mass is 358 g/mol. The minimum atomic E-state index is -3.03. The lowest BCUT2D eigenvalue weighted by atomic mass is 10.1. The quantitative estimate of drug-likeness (QED) is 0.272. The summed E-state index contributed by atoms with van der Waals surface area (Å²) in [5, 5.41) is 10.5. The Balaban J connectivity index is 3.49. The second-order valence-electron chi connectivity index (χ2n) is 2.78. The Hall–Kier alpha value is -1.39. The van der Waals surface area contributed by atoms with Crippen molar-refractivity contribution in [3.8, 4) is 0 Å². The van der Waals surface area contributed by atoms with Gasteiger partial charge in [0.25, 0.3) is 6.43 Å². The van der Waals surface area contributed by atoms with Crippen LogP contribution in [0, 0.1) is 13.8 Å². The van der Waals surface area contributed by atoms with Crippen molar-refractivity contribution in [3.05, 3.63) is 31.0 Å². The van der Waals surface area contributed by atoms with E-state index in [9.17, 15) is 23.7 Å². The molecule has 0 spiro atoms. The molecule has 1 heterocycles. The number of pyridine rings is 1. The average molecular weight is 358 g/mol. The molecule has 17 heavy (non-hydrogen) atoms. The molecule has 1 aromatic rings. The van der Waals surface area contributed by atoms with Crippen LogP contribution >= 0.6 is 22.6 Å². The minimum absolute atomic E-state index is 0.195. The van der Waals surface area contributed by atoms with E-state index >= 15 is 0 Å². The van der Waals surface area contributed by atoms with Gasteiger partial charge in [-0.1, -0.05) is 0 Å². The number of alkyl halides is 2. The zero-order valence-corrected chi connectivity index (χ0v) is 10.5. The van der Waals surface area contributed by atoms with Crippen LogP contribution in [0.15, 0.2) is 6.07 Å². The largest absolute Gasteiger partial charge is 0.465 e. The normalized spacial score (nSPS) is 10.4. The molecule has 0 bridgehead atoms. The van der Waals surface area contributed by atoms with Crippen LogP contribution in [-0.4, -0.2) is 23.0 Å². The summed E-state index contributed by atoms with van der Waals surface area (Å²) >= 11 is 1.47. The highest BCUT2D eigenvalue weighted by Crippen LogP contribution is 2.29. The number of methoxy groups -OCH3 is 1. The van der Waals surface area contributed by atoms with Crippen LogP contribution in [0.25, 0.3) is 0 Å². The maximum atomic E-state index is 12.7. The highest BCUT2D eigenvalue weighted by Gasteiger charge is 2.29. The third-order valence-electron chi connectivity index (χ3n) is 1.80. The topological polar surface area (TPSA) is 82.3 Å². The Morgan fingerprint density at radius 1 is 1.65 bits per heavy atom. The van der Waals surface area contributed by atoms with E-state index in [1.165, 1.54) is 22.6 Å². The van der Waals surface area contributed by atoms with Crippen molar-refractivity contribution in [1.82, 2.24) is 4.98 Å². The Morgan fingerprint density at radius 2 is 2.24 bits per heavy atom. The Bertz CT molecular complexity index is 481. The van der Waals surface area contributed by atoms with E-state index in [1.807, 2.05) is 0 Å². The number of ether oxygens (including phenoxy) is 1. The summed E-state index contributed by atoms with van der Waals surface area (Å²) in [4.78, 5) is 24.3. The summed E-state index contributed by atoms with van der Waals surface area (Å²) in [7, 11) is 1.02. The number of carbonyl (C=O) groups excluding carboxylic acids is 1. The van der Waals surface area contributed by atoms with Gasteiger partial charge in [-0.2, -0.15) is 0 Å². The van der Waals surface area contributed by atoms with Gasteiger partial charge in [-0.3, -0.25) is 0 Å². The van der Waals surface area contributed by atoms with E-state index < -0.39 is 34.3 Å². The number of hydrogen-bond acceptors (Lipinski definition) is 5. The Kier molecular flexibility index (Phi) is 4.26. The van der Waals surface area contributed by atoms with Gasteiger partial charge in [0.2, 0.25) is 3.70 Å². The predicted octanol–water partition coefficient (Wildman–Crippen LogP) is 2.32. The summed E-state index contributed by atoms with van der Waals surface area (Å²) in [5.74, 6) is -1.75. The van der Waals surface area contributed by atoms with Gasteiger partial charge in [0.1, 0.15) is 5.56 Å². The van der Waals surface area contributed by atoms with Gasteiger partial charge in [-0.15, -0.1) is 0 Å². The highest BCUT2D eigenvalue weighted by molar-refractivity contribution is 14.1. The lowest BCUT2D eigenvalue weighted by Crippen LogP contribution is -2.11. The molecule has 0 aromatic carbocycles. The zero-order chi connectivity index (χ0) is 13.2. The average Bonchev–Trinajstić information content (AvgIpc) is 2.26. The lowest BCUT2D eigenvalue weighted by Gasteiger charge is -2.06. The van der Waals surface area contributed by atoms with Crippen LogP contribution in [0.1, 0.15) is 22.3 Å². The summed E-state index contributed by atoms with van der Waals surface area (Å²) < 4.78 is 29.5. The summed E-state index contributed by atoms with van der Waals surface area (Å²) in [6, 6.07) is 0.569. The minimum Gasteiger partial charge on any atom is -0.465 e.